The molecule has 0 radical (unpaired) electrons. The molecule has 0 N–H and O–H groups in total. The van der Waals surface area contributed by atoms with Crippen LogP contribution < -0.4 is 9.47 Å². The van der Waals surface area contributed by atoms with Crippen LogP contribution in [-0.4, -0.2) is 12.1 Å². The normalized spacial score (nSPS) is 11.8. The fraction of sp³-hybridized carbons (Fsp3) is 0.439. The van der Waals surface area contributed by atoms with Gasteiger partial charge < -0.3 is 9.47 Å². The number of unbranched alkanes of at least 4 members (excludes halogenated alkanes) is 14. The molecule has 0 fully saturated rings. The number of hydrogen-bond donors (Lipinski definition) is 0. The van der Waals surface area contributed by atoms with Gasteiger partial charge in [-0.3, -0.25) is 4.79 Å². The Kier molecular flexibility index (Phi) is 17.4. The van der Waals surface area contributed by atoms with Crippen molar-refractivity contribution in [2.45, 2.75) is 116 Å². The molecule has 3 aromatic rings. The Labute approximate surface area is 267 Å². The zero-order chi connectivity index (χ0) is 31.1. The minimum Gasteiger partial charge on any atom is -0.455 e. The van der Waals surface area contributed by atoms with Crippen LogP contribution in [0, 0.1) is 0 Å². The van der Waals surface area contributed by atoms with E-state index in [4.69, 9.17) is 9.47 Å². The summed E-state index contributed by atoms with van der Waals surface area (Å²) in [5.74, 6) is 1.54. The Bertz CT molecular complexity index is 1190. The fourth-order valence-corrected chi connectivity index (χ4v) is 5.34. The third-order valence-electron chi connectivity index (χ3n) is 8.06. The average Bonchev–Trinajstić information content (AvgIpc) is 3.06. The lowest BCUT2D eigenvalue weighted by Gasteiger charge is -2.21. The van der Waals surface area contributed by atoms with Gasteiger partial charge >= 0.3 is 0 Å². The van der Waals surface area contributed by atoms with E-state index in [1.807, 2.05) is 91.0 Å². The molecule has 0 saturated carbocycles. The number of allylic oxidation sites excluding steroid dienone is 1. The van der Waals surface area contributed by atoms with Gasteiger partial charge in [0.2, 0.25) is 6.29 Å². The van der Waals surface area contributed by atoms with Crippen molar-refractivity contribution in [3.63, 3.8) is 0 Å². The fourth-order valence-electron chi connectivity index (χ4n) is 5.34. The molecular weight excluding hydrogens is 540 g/mol. The maximum atomic E-state index is 12.4. The molecule has 0 bridgehead atoms. The van der Waals surface area contributed by atoms with Crippen LogP contribution in [0.4, 0.5) is 0 Å². The van der Waals surface area contributed by atoms with Crippen LogP contribution in [0.25, 0.3) is 12.2 Å². The van der Waals surface area contributed by atoms with Gasteiger partial charge in [0.25, 0.3) is 0 Å². The molecule has 0 spiro atoms. The summed E-state index contributed by atoms with van der Waals surface area (Å²) in [6.45, 7) is 6.12. The summed E-state index contributed by atoms with van der Waals surface area (Å²) in [4.78, 5) is 12.4. The quantitative estimate of drug-likeness (QED) is 0.0448. The van der Waals surface area contributed by atoms with Crippen molar-refractivity contribution in [3.05, 3.63) is 108 Å². The van der Waals surface area contributed by atoms with Crippen LogP contribution in [0.2, 0.25) is 0 Å². The first-order chi connectivity index (χ1) is 21.7. The lowest BCUT2D eigenvalue weighted by atomic mass is 10.0. The molecule has 3 heteroatoms. The van der Waals surface area contributed by atoms with E-state index in [0.717, 1.165) is 35.5 Å². The van der Waals surface area contributed by atoms with Crippen molar-refractivity contribution in [2.24, 2.45) is 0 Å². The van der Waals surface area contributed by atoms with Gasteiger partial charge in [0, 0.05) is 12.0 Å². The molecule has 0 saturated heterocycles. The number of ketones is 1. The van der Waals surface area contributed by atoms with Crippen molar-refractivity contribution in [2.75, 3.05) is 0 Å². The molecule has 3 nitrogen and oxygen atoms in total. The molecule has 3 rings (SSSR count). The van der Waals surface area contributed by atoms with Gasteiger partial charge in [0.15, 0.2) is 5.78 Å². The molecule has 0 aliphatic rings. The molecule has 236 valence electrons. The summed E-state index contributed by atoms with van der Waals surface area (Å²) in [5.41, 5.74) is 2.69. The number of ether oxygens (including phenoxy) is 2. The predicted octanol–water partition coefficient (Wildman–Crippen LogP) is 12.3. The van der Waals surface area contributed by atoms with Gasteiger partial charge in [-0.05, 0) is 47.9 Å². The highest BCUT2D eigenvalue weighted by Crippen LogP contribution is 2.22. The maximum Gasteiger partial charge on any atom is 0.241 e. The third-order valence-corrected chi connectivity index (χ3v) is 8.06. The minimum absolute atomic E-state index is 0.00892. The smallest absolute Gasteiger partial charge is 0.241 e. The molecular formula is C41H54O3. The maximum absolute atomic E-state index is 12.4. The molecule has 0 amide bonds. The lowest BCUT2D eigenvalue weighted by molar-refractivity contribution is -0.00246. The zero-order valence-corrected chi connectivity index (χ0v) is 27.1. The molecule has 0 aliphatic heterocycles. The molecule has 1 unspecified atom stereocenters. The van der Waals surface area contributed by atoms with E-state index in [1.165, 1.54) is 89.9 Å². The third kappa shape index (κ3) is 14.7. The first-order valence-electron chi connectivity index (χ1n) is 17.1. The van der Waals surface area contributed by atoms with Gasteiger partial charge in [0.1, 0.15) is 11.5 Å². The molecule has 44 heavy (non-hydrogen) atoms. The van der Waals surface area contributed by atoms with Crippen LogP contribution >= 0.6 is 0 Å². The van der Waals surface area contributed by atoms with Gasteiger partial charge in [-0.1, -0.05) is 170 Å². The van der Waals surface area contributed by atoms with Gasteiger partial charge in [-0.25, -0.2) is 0 Å². The number of carbonyl (C=O) groups is 1. The van der Waals surface area contributed by atoms with E-state index in [1.54, 1.807) is 6.08 Å². The van der Waals surface area contributed by atoms with Crippen LogP contribution in [0.1, 0.15) is 131 Å². The highest BCUT2D eigenvalue weighted by molar-refractivity contribution is 6.06. The molecule has 1 atom stereocenters. The first kappa shape index (κ1) is 34.9. The standard InChI is InChI=1S/C41H54O3/c1-3-5-6-7-8-9-10-11-12-13-14-15-16-17-21-24-41(43-38-30-25-35(4-2)26-31-38)44-39-32-27-36(28-33-39)29-34-40(42)37-22-19-18-20-23-37/h4,18-20,22-23,25-34,41H,2-3,5-17,21,24H2,1H3. The van der Waals surface area contributed by atoms with Gasteiger partial charge in [-0.2, -0.15) is 0 Å². The summed E-state index contributed by atoms with van der Waals surface area (Å²) >= 11 is 0. The largest absolute Gasteiger partial charge is 0.455 e. The Morgan fingerprint density at radius 3 is 1.55 bits per heavy atom. The molecule has 3 aromatic carbocycles. The molecule has 0 aromatic heterocycles. The predicted molar refractivity (Wildman–Crippen MR) is 187 cm³/mol. The average molecular weight is 595 g/mol. The van der Waals surface area contributed by atoms with Crippen LogP contribution in [-0.2, 0) is 0 Å². The molecule has 0 heterocycles. The Morgan fingerprint density at radius 1 is 0.614 bits per heavy atom. The highest BCUT2D eigenvalue weighted by atomic mass is 16.7. The summed E-state index contributed by atoms with van der Waals surface area (Å²) in [5, 5.41) is 0. The summed E-state index contributed by atoms with van der Waals surface area (Å²) in [7, 11) is 0. The highest BCUT2D eigenvalue weighted by Gasteiger charge is 2.13. The number of rotatable bonds is 24. The molecule has 0 aliphatic carbocycles. The lowest BCUT2D eigenvalue weighted by Crippen LogP contribution is -2.24. The van der Waals surface area contributed by atoms with E-state index in [0.29, 0.717) is 5.56 Å². The van der Waals surface area contributed by atoms with Gasteiger partial charge in [0.05, 0.1) is 0 Å². The van der Waals surface area contributed by atoms with Crippen molar-refractivity contribution in [1.82, 2.24) is 0 Å². The van der Waals surface area contributed by atoms with Crippen LogP contribution in [0.5, 0.6) is 11.5 Å². The Morgan fingerprint density at radius 2 is 1.07 bits per heavy atom. The van der Waals surface area contributed by atoms with E-state index >= 15 is 0 Å². The number of benzene rings is 3. The Balaban J connectivity index is 1.39. The zero-order valence-electron chi connectivity index (χ0n) is 27.1. The number of hydrogen-bond acceptors (Lipinski definition) is 3. The van der Waals surface area contributed by atoms with Crippen molar-refractivity contribution in [3.8, 4) is 11.5 Å². The van der Waals surface area contributed by atoms with Crippen molar-refractivity contribution < 1.29 is 14.3 Å². The summed E-state index contributed by atoms with van der Waals surface area (Å²) < 4.78 is 12.6. The van der Waals surface area contributed by atoms with Crippen molar-refractivity contribution >= 4 is 17.9 Å². The summed E-state index contributed by atoms with van der Waals surface area (Å²) in [6.07, 6.45) is 25.9. The van der Waals surface area contributed by atoms with Crippen molar-refractivity contribution in [1.29, 1.82) is 0 Å². The SMILES string of the molecule is C=Cc1ccc(OC(CCCCCCCCCCCCCCCCC)Oc2ccc(C=CC(=O)c3ccccc3)cc2)cc1. The second-order valence-electron chi connectivity index (χ2n) is 11.8. The van der Waals surface area contributed by atoms with Crippen LogP contribution in [0.3, 0.4) is 0 Å². The first-order valence-corrected chi connectivity index (χ1v) is 17.1. The van der Waals surface area contributed by atoms with E-state index in [2.05, 4.69) is 13.5 Å². The second kappa shape index (κ2) is 22.0. The number of carbonyl (C=O) groups excluding carboxylic acids is 1. The minimum atomic E-state index is -0.368. The second-order valence-corrected chi connectivity index (χ2v) is 11.8. The van der Waals surface area contributed by atoms with E-state index < -0.39 is 0 Å². The van der Waals surface area contributed by atoms with Gasteiger partial charge in [-0.15, -0.1) is 0 Å². The van der Waals surface area contributed by atoms with E-state index in [9.17, 15) is 4.79 Å². The monoisotopic (exact) mass is 594 g/mol. The summed E-state index contributed by atoms with van der Waals surface area (Å²) in [6, 6.07) is 25.1. The van der Waals surface area contributed by atoms with Crippen LogP contribution in [0.15, 0.2) is 91.5 Å². The Hall–Kier alpha value is -3.59. The topological polar surface area (TPSA) is 35.5 Å². The van der Waals surface area contributed by atoms with E-state index in [-0.39, 0.29) is 12.1 Å².